The third-order valence-corrected chi connectivity index (χ3v) is 4.92. The van der Waals surface area contributed by atoms with Crippen LogP contribution < -0.4 is 15.0 Å². The lowest BCUT2D eigenvalue weighted by Crippen LogP contribution is -2.44. The number of anilines is 2. The molecule has 32 heavy (non-hydrogen) atoms. The zero-order valence-corrected chi connectivity index (χ0v) is 18.6. The van der Waals surface area contributed by atoms with Crippen LogP contribution in [0.25, 0.3) is 0 Å². The number of alkyl halides is 3. The first-order valence-corrected chi connectivity index (χ1v) is 10.2. The van der Waals surface area contributed by atoms with E-state index in [2.05, 4.69) is 10.3 Å². The van der Waals surface area contributed by atoms with Crippen molar-refractivity contribution in [3.63, 3.8) is 0 Å². The SMILES string of the molecule is Cc1cc2c(nc1NC(=O)CC(C)(C)C)O[C@@H](C)C(=O)N2Cc1ccc(C(F)(F)F)cc1. The van der Waals surface area contributed by atoms with Gasteiger partial charge in [0, 0.05) is 6.42 Å². The number of nitrogens with zero attached hydrogens (tertiary/aromatic N) is 2. The summed E-state index contributed by atoms with van der Waals surface area (Å²) in [5, 5.41) is 2.79. The van der Waals surface area contributed by atoms with Gasteiger partial charge in [0.15, 0.2) is 6.10 Å². The summed E-state index contributed by atoms with van der Waals surface area (Å²) < 4.78 is 44.2. The van der Waals surface area contributed by atoms with Crippen LogP contribution in [0.1, 0.15) is 50.8 Å². The van der Waals surface area contributed by atoms with Crippen LogP contribution in [0, 0.1) is 12.3 Å². The van der Waals surface area contributed by atoms with Gasteiger partial charge in [0.1, 0.15) is 11.5 Å². The van der Waals surface area contributed by atoms with E-state index in [4.69, 9.17) is 4.74 Å². The first-order valence-electron chi connectivity index (χ1n) is 10.2. The Morgan fingerprint density at radius 2 is 1.81 bits per heavy atom. The van der Waals surface area contributed by atoms with E-state index >= 15 is 0 Å². The minimum atomic E-state index is -4.43. The molecule has 9 heteroatoms. The number of nitrogens with one attached hydrogen (secondary N) is 1. The summed E-state index contributed by atoms with van der Waals surface area (Å²) in [6.45, 7) is 9.25. The molecule has 1 aromatic heterocycles. The quantitative estimate of drug-likeness (QED) is 0.705. The molecule has 1 aromatic carbocycles. The second kappa shape index (κ2) is 8.44. The van der Waals surface area contributed by atoms with Crippen LogP contribution in [-0.2, 0) is 22.3 Å². The van der Waals surface area contributed by atoms with Crippen molar-refractivity contribution in [1.82, 2.24) is 4.98 Å². The van der Waals surface area contributed by atoms with Crippen molar-refractivity contribution in [2.24, 2.45) is 5.41 Å². The highest BCUT2D eigenvalue weighted by Gasteiger charge is 2.34. The van der Waals surface area contributed by atoms with Crippen LogP contribution in [0.3, 0.4) is 0 Å². The fourth-order valence-corrected chi connectivity index (χ4v) is 3.35. The van der Waals surface area contributed by atoms with Crippen LogP contribution in [0.2, 0.25) is 0 Å². The van der Waals surface area contributed by atoms with Crippen molar-refractivity contribution in [2.75, 3.05) is 10.2 Å². The Bertz CT molecular complexity index is 1030. The Hall–Kier alpha value is -3.10. The van der Waals surface area contributed by atoms with Gasteiger partial charge in [-0.25, -0.2) is 0 Å². The van der Waals surface area contributed by atoms with Crippen LogP contribution in [-0.4, -0.2) is 22.9 Å². The van der Waals surface area contributed by atoms with Crippen LogP contribution >= 0.6 is 0 Å². The number of carbonyl (C=O) groups is 2. The zero-order valence-electron chi connectivity index (χ0n) is 18.6. The van der Waals surface area contributed by atoms with Crippen molar-refractivity contribution < 1.29 is 27.5 Å². The number of rotatable bonds is 4. The van der Waals surface area contributed by atoms with Gasteiger partial charge >= 0.3 is 6.18 Å². The monoisotopic (exact) mass is 449 g/mol. The predicted octanol–water partition coefficient (Wildman–Crippen LogP) is 5.10. The van der Waals surface area contributed by atoms with E-state index in [9.17, 15) is 22.8 Å². The molecule has 1 N–H and O–H groups in total. The number of carbonyl (C=O) groups excluding carboxylic acids is 2. The molecule has 0 unspecified atom stereocenters. The minimum absolute atomic E-state index is 0.0640. The largest absolute Gasteiger partial charge is 0.463 e. The number of ether oxygens (including phenoxy) is 1. The van der Waals surface area contributed by atoms with E-state index in [-0.39, 0.29) is 29.7 Å². The van der Waals surface area contributed by atoms with Gasteiger partial charge in [0.2, 0.25) is 11.8 Å². The highest BCUT2D eigenvalue weighted by Crippen LogP contribution is 2.37. The Morgan fingerprint density at radius 3 is 2.38 bits per heavy atom. The van der Waals surface area contributed by atoms with Gasteiger partial charge in [-0.3, -0.25) is 14.5 Å². The standard InChI is InChI=1S/C23H26F3N3O3/c1-13-10-17-20(28-19(13)27-18(30)11-22(3,4)5)32-14(2)21(31)29(17)12-15-6-8-16(9-7-15)23(24,25)26/h6-10,14H,11-12H2,1-5H3,(H,27,28,30)/t14-/m0/s1. The number of halogens is 3. The molecule has 0 bridgehead atoms. The minimum Gasteiger partial charge on any atom is -0.463 e. The van der Waals surface area contributed by atoms with Gasteiger partial charge in [-0.05, 0) is 48.6 Å². The molecule has 0 saturated heterocycles. The third-order valence-electron chi connectivity index (χ3n) is 4.92. The normalized spacial score (nSPS) is 16.4. The van der Waals surface area contributed by atoms with Crippen LogP contribution in [0.4, 0.5) is 24.7 Å². The highest BCUT2D eigenvalue weighted by molar-refractivity contribution is 6.00. The summed E-state index contributed by atoms with van der Waals surface area (Å²) in [6, 6.07) is 6.35. The van der Waals surface area contributed by atoms with Crippen molar-refractivity contribution in [3.8, 4) is 5.88 Å². The molecule has 1 aliphatic rings. The second-order valence-corrected chi connectivity index (χ2v) is 9.14. The summed E-state index contributed by atoms with van der Waals surface area (Å²) in [4.78, 5) is 31.0. The molecule has 0 fully saturated rings. The lowest BCUT2D eigenvalue weighted by Gasteiger charge is -2.33. The summed E-state index contributed by atoms with van der Waals surface area (Å²) in [6.07, 6.45) is -4.95. The van der Waals surface area contributed by atoms with Crippen LogP contribution in [0.15, 0.2) is 30.3 Å². The number of hydrogen-bond acceptors (Lipinski definition) is 4. The van der Waals surface area contributed by atoms with E-state index in [1.165, 1.54) is 17.0 Å². The van der Waals surface area contributed by atoms with Gasteiger partial charge in [-0.15, -0.1) is 0 Å². The van der Waals surface area contributed by atoms with Gasteiger partial charge in [-0.1, -0.05) is 32.9 Å². The predicted molar refractivity (Wildman–Crippen MR) is 114 cm³/mol. The number of aromatic nitrogens is 1. The zero-order chi connectivity index (χ0) is 23.8. The van der Waals surface area contributed by atoms with E-state index in [1.54, 1.807) is 19.9 Å². The average molecular weight is 449 g/mol. The summed E-state index contributed by atoms with van der Waals surface area (Å²) in [7, 11) is 0. The maximum atomic E-state index is 12.8. The Morgan fingerprint density at radius 1 is 1.19 bits per heavy atom. The summed E-state index contributed by atoms with van der Waals surface area (Å²) in [5.74, 6) is 0.00686. The highest BCUT2D eigenvalue weighted by atomic mass is 19.4. The van der Waals surface area contributed by atoms with Gasteiger partial charge in [0.25, 0.3) is 5.91 Å². The molecule has 2 heterocycles. The van der Waals surface area contributed by atoms with E-state index in [1.807, 2.05) is 20.8 Å². The topological polar surface area (TPSA) is 71.5 Å². The van der Waals surface area contributed by atoms with Gasteiger partial charge in [-0.2, -0.15) is 18.2 Å². The molecule has 0 radical (unpaired) electrons. The van der Waals surface area contributed by atoms with Crippen molar-refractivity contribution >= 4 is 23.3 Å². The van der Waals surface area contributed by atoms with E-state index < -0.39 is 17.8 Å². The molecule has 1 atom stereocenters. The third kappa shape index (κ3) is 5.38. The maximum Gasteiger partial charge on any atom is 0.416 e. The van der Waals surface area contributed by atoms with Crippen molar-refractivity contribution in [3.05, 3.63) is 47.0 Å². The van der Waals surface area contributed by atoms with Crippen molar-refractivity contribution in [2.45, 2.75) is 59.9 Å². The number of aryl methyl sites for hydroxylation is 1. The van der Waals surface area contributed by atoms with E-state index in [0.29, 0.717) is 29.1 Å². The molecule has 1 aliphatic heterocycles. The Balaban J connectivity index is 1.88. The molecular weight excluding hydrogens is 423 g/mol. The smallest absolute Gasteiger partial charge is 0.416 e. The molecule has 0 aliphatic carbocycles. The Kier molecular flexibility index (Phi) is 6.22. The maximum absolute atomic E-state index is 12.8. The molecule has 2 aromatic rings. The lowest BCUT2D eigenvalue weighted by atomic mass is 9.92. The molecule has 2 amide bonds. The molecule has 0 saturated carbocycles. The van der Waals surface area contributed by atoms with Gasteiger partial charge in [0.05, 0.1) is 12.1 Å². The fraction of sp³-hybridized carbons (Fsp3) is 0.435. The molecular formula is C23H26F3N3O3. The van der Waals surface area contributed by atoms with E-state index in [0.717, 1.165) is 12.1 Å². The van der Waals surface area contributed by atoms with Gasteiger partial charge < -0.3 is 10.1 Å². The first kappa shape index (κ1) is 23.6. The molecule has 0 spiro atoms. The second-order valence-electron chi connectivity index (χ2n) is 9.14. The van der Waals surface area contributed by atoms with Crippen LogP contribution in [0.5, 0.6) is 5.88 Å². The number of amides is 2. The summed E-state index contributed by atoms with van der Waals surface area (Å²) >= 11 is 0. The summed E-state index contributed by atoms with van der Waals surface area (Å²) in [5.41, 5.74) is 0.624. The molecule has 6 nitrogen and oxygen atoms in total. The first-order chi connectivity index (χ1) is 14.7. The van der Waals surface area contributed by atoms with Crippen molar-refractivity contribution in [1.29, 1.82) is 0 Å². The number of pyridine rings is 1. The lowest BCUT2D eigenvalue weighted by molar-refractivity contribution is -0.137. The average Bonchev–Trinajstić information content (AvgIpc) is 2.65. The Labute approximate surface area is 184 Å². The number of benzene rings is 1. The number of hydrogen-bond donors (Lipinski definition) is 1. The molecule has 3 rings (SSSR count). The fourth-order valence-electron chi connectivity index (χ4n) is 3.35. The molecule has 172 valence electrons. The number of fused-ring (bicyclic) bond motifs is 1.